The Kier molecular flexibility index (Phi) is 12.6. The lowest BCUT2D eigenvalue weighted by Gasteiger charge is -2.26. The molecule has 10 heteroatoms. The summed E-state index contributed by atoms with van der Waals surface area (Å²) in [6, 6.07) is 45.3. The Balaban J connectivity index is 0.000000209. The SMILES string of the molecule is O=C(OCC(O)COc1ccccc1)c1cccc(S(=O)(=O)[O-])c1.OCC[P+](c1ccccc1)(c1ccccc1)c1ccccc1. The van der Waals surface area contributed by atoms with E-state index in [0.717, 1.165) is 18.3 Å². The van der Waals surface area contributed by atoms with Gasteiger partial charge in [0.15, 0.2) is 0 Å². The molecule has 1 unspecified atom stereocenters. The fourth-order valence-electron chi connectivity index (χ4n) is 4.82. The van der Waals surface area contributed by atoms with Gasteiger partial charge in [-0.25, -0.2) is 13.2 Å². The zero-order chi connectivity index (χ0) is 32.8. The molecule has 0 amide bonds. The molecule has 0 spiro atoms. The number of carbonyl (C=O) groups excluding carboxylic acids is 1. The third-order valence-corrected chi connectivity index (χ3v) is 12.2. The van der Waals surface area contributed by atoms with Crippen molar-refractivity contribution < 1.29 is 37.5 Å². The summed E-state index contributed by atoms with van der Waals surface area (Å²) in [6.45, 7) is -0.223. The molecule has 8 nitrogen and oxygen atoms in total. The quantitative estimate of drug-likeness (QED) is 0.116. The van der Waals surface area contributed by atoms with Gasteiger partial charge in [-0.15, -0.1) is 0 Å². The van der Waals surface area contributed by atoms with Gasteiger partial charge in [-0.3, -0.25) is 0 Å². The normalized spacial score (nSPS) is 11.9. The van der Waals surface area contributed by atoms with Crippen molar-refractivity contribution in [1.82, 2.24) is 0 Å². The standard InChI is InChI=1S/C20H20OP.C16H16O7S/c21-16-17-22(18-10-4-1-5-11-18,19-12-6-2-7-13-19)20-14-8-3-9-15-20;17-13(10-22-14-6-2-1-3-7-14)11-23-16(18)12-5-4-8-15(9-12)24(19,20)21/h1-15,21H,16-17H2;1-9,13,17H,10-11H2,(H,19,20,21)/q+1;/p-1. The molecule has 0 bridgehead atoms. The van der Waals surface area contributed by atoms with Crippen LogP contribution in [0.5, 0.6) is 5.75 Å². The minimum atomic E-state index is -4.66. The lowest BCUT2D eigenvalue weighted by molar-refractivity contribution is 0.0130. The molecule has 0 fully saturated rings. The first-order valence-electron chi connectivity index (χ1n) is 14.5. The van der Waals surface area contributed by atoms with Crippen LogP contribution in [0.1, 0.15) is 10.4 Å². The molecule has 0 heterocycles. The van der Waals surface area contributed by atoms with E-state index in [4.69, 9.17) is 9.47 Å². The second-order valence-corrected chi connectivity index (χ2v) is 15.1. The van der Waals surface area contributed by atoms with Gasteiger partial charge in [-0.05, 0) is 66.7 Å². The van der Waals surface area contributed by atoms with E-state index in [1.807, 2.05) is 24.3 Å². The van der Waals surface area contributed by atoms with Crippen LogP contribution in [0.4, 0.5) is 0 Å². The van der Waals surface area contributed by atoms with Gasteiger partial charge in [-0.2, -0.15) is 0 Å². The molecule has 2 N–H and O–H groups in total. The molecule has 0 aliphatic rings. The first kappa shape index (κ1) is 34.5. The van der Waals surface area contributed by atoms with Gasteiger partial charge in [0.2, 0.25) is 0 Å². The van der Waals surface area contributed by atoms with Crippen LogP contribution in [0.15, 0.2) is 150 Å². The number of esters is 1. The molecular formula is C36H35O8PS. The monoisotopic (exact) mass is 658 g/mol. The largest absolute Gasteiger partial charge is 0.744 e. The third kappa shape index (κ3) is 9.33. The molecule has 46 heavy (non-hydrogen) atoms. The maximum absolute atomic E-state index is 11.8. The van der Waals surface area contributed by atoms with Crippen molar-refractivity contribution in [2.24, 2.45) is 0 Å². The Morgan fingerprint density at radius 2 is 1.17 bits per heavy atom. The maximum atomic E-state index is 11.8. The van der Waals surface area contributed by atoms with E-state index in [1.54, 1.807) is 24.3 Å². The van der Waals surface area contributed by atoms with Gasteiger partial charge < -0.3 is 24.2 Å². The molecule has 0 saturated heterocycles. The molecule has 0 saturated carbocycles. The summed E-state index contributed by atoms with van der Waals surface area (Å²) in [7, 11) is -6.46. The summed E-state index contributed by atoms with van der Waals surface area (Å²) in [6.07, 6.45) is -0.286. The van der Waals surface area contributed by atoms with Crippen molar-refractivity contribution in [2.45, 2.75) is 11.0 Å². The Morgan fingerprint density at radius 3 is 1.63 bits per heavy atom. The number of benzene rings is 5. The first-order valence-corrected chi connectivity index (χ1v) is 17.9. The average Bonchev–Trinajstić information content (AvgIpc) is 3.10. The number of hydrogen-bond donors (Lipinski definition) is 2. The van der Waals surface area contributed by atoms with Gasteiger partial charge in [-0.1, -0.05) is 78.9 Å². The minimum absolute atomic E-state index is 0.0771. The molecular weight excluding hydrogens is 623 g/mol. The van der Waals surface area contributed by atoms with Gasteiger partial charge in [0, 0.05) is 0 Å². The van der Waals surface area contributed by atoms with Gasteiger partial charge in [0.05, 0.1) is 23.2 Å². The lowest BCUT2D eigenvalue weighted by atomic mass is 10.2. The highest BCUT2D eigenvalue weighted by Gasteiger charge is 2.44. The topological polar surface area (TPSA) is 133 Å². The second-order valence-electron chi connectivity index (χ2n) is 10.1. The van der Waals surface area contributed by atoms with Crippen molar-refractivity contribution in [1.29, 1.82) is 0 Å². The predicted molar refractivity (Wildman–Crippen MR) is 180 cm³/mol. The van der Waals surface area contributed by atoms with Crippen LogP contribution >= 0.6 is 7.26 Å². The van der Waals surface area contributed by atoms with E-state index in [1.165, 1.54) is 28.0 Å². The molecule has 238 valence electrons. The van der Waals surface area contributed by atoms with E-state index in [9.17, 15) is 28.0 Å². The van der Waals surface area contributed by atoms with Crippen LogP contribution in [0.2, 0.25) is 0 Å². The Labute approximate surface area is 270 Å². The molecule has 1 atom stereocenters. The molecule has 5 aromatic carbocycles. The number of carbonyl (C=O) groups is 1. The van der Waals surface area contributed by atoms with Crippen molar-refractivity contribution in [3.8, 4) is 5.75 Å². The zero-order valence-electron chi connectivity index (χ0n) is 25.0. The van der Waals surface area contributed by atoms with E-state index in [2.05, 4.69) is 72.8 Å². The van der Waals surface area contributed by atoms with Crippen molar-refractivity contribution >= 4 is 39.3 Å². The maximum Gasteiger partial charge on any atom is 0.338 e. The van der Waals surface area contributed by atoms with E-state index < -0.39 is 34.3 Å². The second kappa shape index (κ2) is 16.8. The van der Waals surface area contributed by atoms with Crippen molar-refractivity contribution in [2.75, 3.05) is 26.0 Å². The summed E-state index contributed by atoms with van der Waals surface area (Å²) < 4.78 is 43.0. The summed E-state index contributed by atoms with van der Waals surface area (Å²) >= 11 is 0. The van der Waals surface area contributed by atoms with Gasteiger partial charge >= 0.3 is 5.97 Å². The van der Waals surface area contributed by atoms with Crippen LogP contribution in [-0.4, -0.2) is 61.2 Å². The predicted octanol–water partition coefficient (Wildman–Crippen LogP) is 4.16. The first-order chi connectivity index (χ1) is 22.2. The Bertz CT molecular complexity index is 1660. The number of ether oxygens (including phenoxy) is 2. The fraction of sp³-hybridized carbons (Fsp3) is 0.139. The van der Waals surface area contributed by atoms with Crippen LogP contribution in [0.25, 0.3) is 0 Å². The van der Waals surface area contributed by atoms with Crippen LogP contribution in [0, 0.1) is 0 Å². The summed E-state index contributed by atoms with van der Waals surface area (Å²) in [5, 5.41) is 23.5. The fourth-order valence-corrected chi connectivity index (χ4v) is 9.35. The third-order valence-electron chi connectivity index (χ3n) is 6.98. The number of rotatable bonds is 12. The lowest BCUT2D eigenvalue weighted by Crippen LogP contribution is -2.34. The average molecular weight is 659 g/mol. The highest BCUT2D eigenvalue weighted by atomic mass is 32.2. The number of aliphatic hydroxyl groups excluding tert-OH is 2. The van der Waals surface area contributed by atoms with Gasteiger partial charge in [0.1, 0.15) is 58.4 Å². The summed E-state index contributed by atoms with van der Waals surface area (Å²) in [4.78, 5) is 11.3. The highest BCUT2D eigenvalue weighted by Crippen LogP contribution is 2.54. The van der Waals surface area contributed by atoms with Gasteiger partial charge in [0.25, 0.3) is 0 Å². The van der Waals surface area contributed by atoms with Crippen molar-refractivity contribution in [3.05, 3.63) is 151 Å². The smallest absolute Gasteiger partial charge is 0.338 e. The minimum Gasteiger partial charge on any atom is -0.744 e. The van der Waals surface area contributed by atoms with Crippen LogP contribution < -0.4 is 20.7 Å². The van der Waals surface area contributed by atoms with E-state index in [-0.39, 0.29) is 25.4 Å². The Morgan fingerprint density at radius 1 is 0.696 bits per heavy atom. The Hall–Kier alpha value is -4.37. The van der Waals surface area contributed by atoms with E-state index in [0.29, 0.717) is 5.75 Å². The van der Waals surface area contributed by atoms with Crippen molar-refractivity contribution in [3.63, 3.8) is 0 Å². The molecule has 0 aliphatic carbocycles. The molecule has 5 aromatic rings. The summed E-state index contributed by atoms with van der Waals surface area (Å²) in [5.74, 6) is -0.282. The zero-order valence-corrected chi connectivity index (χ0v) is 26.7. The number of hydrogen-bond acceptors (Lipinski definition) is 8. The highest BCUT2D eigenvalue weighted by molar-refractivity contribution is 7.95. The molecule has 0 aliphatic heterocycles. The molecule has 0 radical (unpaired) electrons. The van der Waals surface area contributed by atoms with Crippen LogP contribution in [-0.2, 0) is 14.9 Å². The molecule has 0 aromatic heterocycles. The van der Waals surface area contributed by atoms with E-state index >= 15 is 0 Å². The molecule has 5 rings (SSSR count). The number of aliphatic hydroxyl groups is 2. The van der Waals surface area contributed by atoms with Crippen LogP contribution in [0.3, 0.4) is 0 Å². The summed E-state index contributed by atoms with van der Waals surface area (Å²) in [5.41, 5.74) is -0.0943. The number of para-hydroxylation sites is 1.